The molecule has 0 unspecified atom stereocenters. The van der Waals surface area contributed by atoms with Crippen molar-refractivity contribution in [3.63, 3.8) is 0 Å². The highest BCUT2D eigenvalue weighted by Gasteiger charge is 2.11. The van der Waals surface area contributed by atoms with Crippen LogP contribution in [0.25, 0.3) is 0 Å². The molecule has 1 amide bonds. The Bertz CT molecular complexity index is 1060. The summed E-state index contributed by atoms with van der Waals surface area (Å²) < 4.78 is 16.4. The largest absolute Gasteiger partial charge is 0.495 e. The molecular formula is C24H25ClN2O4. The molecule has 0 saturated heterocycles. The first-order valence-corrected chi connectivity index (χ1v) is 10.1. The summed E-state index contributed by atoms with van der Waals surface area (Å²) in [5.41, 5.74) is 3.67. The van der Waals surface area contributed by atoms with Crippen LogP contribution in [0.5, 0.6) is 17.2 Å². The highest BCUT2D eigenvalue weighted by atomic mass is 35.5. The lowest BCUT2D eigenvalue weighted by atomic mass is 10.1. The van der Waals surface area contributed by atoms with E-state index in [0.717, 1.165) is 16.8 Å². The molecule has 0 spiro atoms. The van der Waals surface area contributed by atoms with Crippen LogP contribution in [-0.2, 0) is 11.3 Å². The van der Waals surface area contributed by atoms with Crippen molar-refractivity contribution in [1.29, 1.82) is 0 Å². The minimum absolute atomic E-state index is 0.159. The van der Waals surface area contributed by atoms with Crippen LogP contribution in [0, 0.1) is 6.92 Å². The summed E-state index contributed by atoms with van der Waals surface area (Å²) in [5, 5.41) is 6.83. The van der Waals surface area contributed by atoms with Crippen molar-refractivity contribution in [3.05, 3.63) is 76.8 Å². The van der Waals surface area contributed by atoms with Crippen LogP contribution in [0.4, 0.5) is 11.4 Å². The molecule has 0 heterocycles. The normalized spacial score (nSPS) is 10.3. The maximum absolute atomic E-state index is 12.3. The molecule has 0 bridgehead atoms. The zero-order chi connectivity index (χ0) is 22.2. The number of para-hydroxylation sites is 2. The van der Waals surface area contributed by atoms with E-state index in [-0.39, 0.29) is 12.5 Å². The molecule has 162 valence electrons. The van der Waals surface area contributed by atoms with Crippen molar-refractivity contribution in [2.45, 2.75) is 13.5 Å². The lowest BCUT2D eigenvalue weighted by molar-refractivity contribution is -0.118. The van der Waals surface area contributed by atoms with E-state index < -0.39 is 0 Å². The van der Waals surface area contributed by atoms with Gasteiger partial charge in [0, 0.05) is 17.3 Å². The van der Waals surface area contributed by atoms with Crippen LogP contribution >= 0.6 is 11.6 Å². The SMILES string of the molecule is COc1ccccc1NC(=O)COc1ccc(CNc2cc(Cl)ccc2C)cc1OC. The molecule has 0 aromatic heterocycles. The number of hydrogen-bond donors (Lipinski definition) is 2. The Balaban J connectivity index is 1.60. The summed E-state index contributed by atoms with van der Waals surface area (Å²) in [7, 11) is 3.12. The Morgan fingerprint density at radius 1 is 0.903 bits per heavy atom. The second-order valence-electron chi connectivity index (χ2n) is 6.84. The molecule has 3 aromatic rings. The highest BCUT2D eigenvalue weighted by molar-refractivity contribution is 6.30. The maximum Gasteiger partial charge on any atom is 0.262 e. The summed E-state index contributed by atoms with van der Waals surface area (Å²) in [6.07, 6.45) is 0. The molecule has 0 saturated carbocycles. The van der Waals surface area contributed by atoms with Gasteiger partial charge < -0.3 is 24.8 Å². The minimum atomic E-state index is -0.297. The van der Waals surface area contributed by atoms with Crippen molar-refractivity contribution in [2.75, 3.05) is 31.5 Å². The van der Waals surface area contributed by atoms with Crippen LogP contribution in [0.2, 0.25) is 5.02 Å². The Labute approximate surface area is 187 Å². The summed E-state index contributed by atoms with van der Waals surface area (Å²) in [6.45, 7) is 2.45. The third kappa shape index (κ3) is 6.06. The van der Waals surface area contributed by atoms with E-state index >= 15 is 0 Å². The molecule has 3 aromatic carbocycles. The molecule has 0 aliphatic rings. The molecule has 6 nitrogen and oxygen atoms in total. The average molecular weight is 441 g/mol. The number of carbonyl (C=O) groups is 1. The number of rotatable bonds is 9. The van der Waals surface area contributed by atoms with Gasteiger partial charge in [-0.25, -0.2) is 0 Å². The van der Waals surface area contributed by atoms with Gasteiger partial charge in [0.05, 0.1) is 19.9 Å². The predicted molar refractivity (Wildman–Crippen MR) is 124 cm³/mol. The molecular weight excluding hydrogens is 416 g/mol. The Hall–Kier alpha value is -3.38. The smallest absolute Gasteiger partial charge is 0.262 e. The number of methoxy groups -OCH3 is 2. The van der Waals surface area contributed by atoms with Crippen molar-refractivity contribution < 1.29 is 19.0 Å². The number of amides is 1. The first-order valence-electron chi connectivity index (χ1n) is 9.72. The number of carbonyl (C=O) groups excluding carboxylic acids is 1. The quantitative estimate of drug-likeness (QED) is 0.472. The molecule has 0 aliphatic heterocycles. The van der Waals surface area contributed by atoms with Gasteiger partial charge in [-0.2, -0.15) is 0 Å². The second-order valence-corrected chi connectivity index (χ2v) is 7.27. The first kappa shape index (κ1) is 22.3. The minimum Gasteiger partial charge on any atom is -0.495 e. The van der Waals surface area contributed by atoms with Crippen molar-refractivity contribution >= 4 is 28.9 Å². The number of hydrogen-bond acceptors (Lipinski definition) is 5. The number of ether oxygens (including phenoxy) is 3. The van der Waals surface area contributed by atoms with E-state index in [1.54, 1.807) is 32.4 Å². The van der Waals surface area contributed by atoms with Crippen molar-refractivity contribution in [2.24, 2.45) is 0 Å². The Morgan fingerprint density at radius 2 is 1.68 bits per heavy atom. The molecule has 0 radical (unpaired) electrons. The van der Waals surface area contributed by atoms with Crippen molar-refractivity contribution in [3.8, 4) is 17.2 Å². The molecule has 0 fully saturated rings. The maximum atomic E-state index is 12.3. The Kier molecular flexibility index (Phi) is 7.62. The fourth-order valence-corrected chi connectivity index (χ4v) is 3.17. The van der Waals surface area contributed by atoms with Crippen LogP contribution in [0.1, 0.15) is 11.1 Å². The molecule has 2 N–H and O–H groups in total. The van der Waals surface area contributed by atoms with E-state index in [1.807, 2.05) is 49.4 Å². The van der Waals surface area contributed by atoms with E-state index in [9.17, 15) is 4.79 Å². The fraction of sp³-hybridized carbons (Fsp3) is 0.208. The van der Waals surface area contributed by atoms with E-state index in [4.69, 9.17) is 25.8 Å². The van der Waals surface area contributed by atoms with Crippen LogP contribution < -0.4 is 24.8 Å². The Morgan fingerprint density at radius 3 is 2.45 bits per heavy atom. The highest BCUT2D eigenvalue weighted by Crippen LogP contribution is 2.29. The third-order valence-corrected chi connectivity index (χ3v) is 4.89. The van der Waals surface area contributed by atoms with Gasteiger partial charge in [-0.05, 0) is 54.4 Å². The summed E-state index contributed by atoms with van der Waals surface area (Å²) >= 11 is 6.08. The number of benzene rings is 3. The summed E-state index contributed by atoms with van der Waals surface area (Å²) in [6, 6.07) is 18.5. The molecule has 0 aliphatic carbocycles. The topological polar surface area (TPSA) is 68.8 Å². The van der Waals surface area contributed by atoms with E-state index in [1.165, 1.54) is 0 Å². The monoisotopic (exact) mass is 440 g/mol. The van der Waals surface area contributed by atoms with Gasteiger partial charge in [-0.3, -0.25) is 4.79 Å². The molecule has 3 rings (SSSR count). The van der Waals surface area contributed by atoms with Gasteiger partial charge in [-0.15, -0.1) is 0 Å². The lowest BCUT2D eigenvalue weighted by Crippen LogP contribution is -2.20. The van der Waals surface area contributed by atoms with E-state index in [0.29, 0.717) is 34.5 Å². The number of nitrogens with one attached hydrogen (secondary N) is 2. The third-order valence-electron chi connectivity index (χ3n) is 4.65. The number of aryl methyl sites for hydroxylation is 1. The average Bonchev–Trinajstić information content (AvgIpc) is 2.78. The summed E-state index contributed by atoms with van der Waals surface area (Å²) in [4.78, 5) is 12.3. The molecule has 31 heavy (non-hydrogen) atoms. The predicted octanol–water partition coefficient (Wildman–Crippen LogP) is 5.30. The van der Waals surface area contributed by atoms with Gasteiger partial charge in [0.1, 0.15) is 5.75 Å². The van der Waals surface area contributed by atoms with Gasteiger partial charge in [0.2, 0.25) is 0 Å². The van der Waals surface area contributed by atoms with Crippen molar-refractivity contribution in [1.82, 2.24) is 0 Å². The van der Waals surface area contributed by atoms with Crippen LogP contribution in [-0.4, -0.2) is 26.7 Å². The van der Waals surface area contributed by atoms with E-state index in [2.05, 4.69) is 10.6 Å². The summed E-state index contributed by atoms with van der Waals surface area (Å²) in [5.74, 6) is 1.32. The van der Waals surface area contributed by atoms with Crippen LogP contribution in [0.3, 0.4) is 0 Å². The second kappa shape index (κ2) is 10.6. The first-order chi connectivity index (χ1) is 15.0. The molecule has 0 atom stereocenters. The zero-order valence-electron chi connectivity index (χ0n) is 17.7. The zero-order valence-corrected chi connectivity index (χ0v) is 18.5. The lowest BCUT2D eigenvalue weighted by Gasteiger charge is -2.14. The number of anilines is 2. The number of halogens is 1. The van der Waals surface area contributed by atoms with Gasteiger partial charge in [-0.1, -0.05) is 35.9 Å². The van der Waals surface area contributed by atoms with Crippen LogP contribution in [0.15, 0.2) is 60.7 Å². The fourth-order valence-electron chi connectivity index (χ4n) is 3.00. The van der Waals surface area contributed by atoms with Gasteiger partial charge >= 0.3 is 0 Å². The van der Waals surface area contributed by atoms with Gasteiger partial charge in [0.15, 0.2) is 18.1 Å². The van der Waals surface area contributed by atoms with Gasteiger partial charge in [0.25, 0.3) is 5.91 Å². The standard InChI is InChI=1S/C24H25ClN2O4/c1-16-8-10-18(25)13-20(16)26-14-17-9-11-22(23(12-17)30-3)31-15-24(28)27-19-6-4-5-7-21(19)29-2/h4-13,26H,14-15H2,1-3H3,(H,27,28). The molecule has 7 heteroatoms.